The average molecular weight is 384 g/mol. The van der Waals surface area contributed by atoms with Gasteiger partial charge in [-0.1, -0.05) is 17.4 Å². The molecule has 0 bridgehead atoms. The van der Waals surface area contributed by atoms with Crippen LogP contribution in [-0.4, -0.2) is 39.8 Å². The Hall–Kier alpha value is -2.41. The van der Waals surface area contributed by atoms with E-state index in [0.717, 1.165) is 42.3 Å². The van der Waals surface area contributed by atoms with Crippen molar-refractivity contribution in [2.24, 2.45) is 7.05 Å². The molecule has 0 aliphatic carbocycles. The normalized spacial score (nSPS) is 17.5. The molecule has 1 fully saturated rings. The van der Waals surface area contributed by atoms with E-state index in [1.165, 1.54) is 15.8 Å². The van der Waals surface area contributed by atoms with Gasteiger partial charge in [-0.15, -0.1) is 0 Å². The smallest absolute Gasteiger partial charge is 0.269 e. The number of rotatable bonds is 3. The van der Waals surface area contributed by atoms with Crippen molar-refractivity contribution >= 4 is 32.6 Å². The summed E-state index contributed by atoms with van der Waals surface area (Å²) in [4.78, 5) is 19.8. The lowest BCUT2D eigenvalue weighted by atomic mass is 10.1. The Morgan fingerprint density at radius 1 is 1.26 bits per heavy atom. The number of benzene rings is 1. The van der Waals surface area contributed by atoms with Crippen LogP contribution in [0.25, 0.3) is 10.2 Å². The molecule has 0 saturated carbocycles. The molecule has 1 N–H and O–H groups in total. The fourth-order valence-electron chi connectivity index (χ4n) is 3.85. The summed E-state index contributed by atoms with van der Waals surface area (Å²) < 4.78 is 2.88. The van der Waals surface area contributed by atoms with Crippen LogP contribution in [0, 0.1) is 20.8 Å². The van der Waals surface area contributed by atoms with Crippen LogP contribution in [-0.2, 0) is 7.05 Å². The van der Waals surface area contributed by atoms with Gasteiger partial charge in [-0.05, 0) is 56.9 Å². The van der Waals surface area contributed by atoms with Crippen LogP contribution >= 0.6 is 11.3 Å². The minimum Gasteiger partial charge on any atom is -0.346 e. The second kappa shape index (κ2) is 6.96. The summed E-state index contributed by atoms with van der Waals surface area (Å²) in [6.45, 7) is 7.91. The zero-order valence-electron chi connectivity index (χ0n) is 16.2. The Bertz CT molecular complexity index is 1010. The highest BCUT2D eigenvalue weighted by Gasteiger charge is 2.25. The van der Waals surface area contributed by atoms with Crippen molar-refractivity contribution in [3.8, 4) is 0 Å². The van der Waals surface area contributed by atoms with Crippen LogP contribution in [0.3, 0.4) is 0 Å². The molecule has 1 aromatic carbocycles. The van der Waals surface area contributed by atoms with Gasteiger partial charge in [0.2, 0.25) is 0 Å². The maximum atomic E-state index is 12.6. The van der Waals surface area contributed by atoms with Gasteiger partial charge in [-0.25, -0.2) is 4.98 Å². The molecule has 1 amide bonds. The van der Waals surface area contributed by atoms with Crippen LogP contribution in [0.5, 0.6) is 0 Å². The first-order valence-electron chi connectivity index (χ1n) is 9.35. The molecule has 3 heterocycles. The molecule has 27 heavy (non-hydrogen) atoms. The number of amides is 1. The molecule has 7 heteroatoms. The number of aryl methyl sites for hydroxylation is 4. The van der Waals surface area contributed by atoms with E-state index in [1.54, 1.807) is 23.1 Å². The Labute approximate surface area is 163 Å². The van der Waals surface area contributed by atoms with Crippen LogP contribution in [0.4, 0.5) is 5.13 Å². The number of carbonyl (C=O) groups is 1. The molecule has 2 aromatic heterocycles. The Kier molecular flexibility index (Phi) is 4.63. The topological polar surface area (TPSA) is 63.1 Å². The van der Waals surface area contributed by atoms with Crippen molar-refractivity contribution in [1.29, 1.82) is 0 Å². The van der Waals surface area contributed by atoms with E-state index in [-0.39, 0.29) is 11.9 Å². The second-order valence-corrected chi connectivity index (χ2v) is 8.49. The minimum atomic E-state index is -0.0549. The van der Waals surface area contributed by atoms with Gasteiger partial charge < -0.3 is 10.2 Å². The number of anilines is 1. The zero-order valence-corrected chi connectivity index (χ0v) is 17.1. The highest BCUT2D eigenvalue weighted by Crippen LogP contribution is 2.32. The van der Waals surface area contributed by atoms with Gasteiger partial charge in [0.25, 0.3) is 5.91 Å². The van der Waals surface area contributed by atoms with E-state index in [4.69, 9.17) is 4.98 Å². The number of nitrogens with one attached hydrogen (secondary N) is 1. The predicted octanol–water partition coefficient (Wildman–Crippen LogP) is 3.35. The molecule has 1 aliphatic rings. The number of hydrogen-bond acceptors (Lipinski definition) is 5. The molecule has 142 valence electrons. The summed E-state index contributed by atoms with van der Waals surface area (Å²) in [5.74, 6) is -0.0549. The number of nitrogens with zero attached hydrogens (tertiary/aromatic N) is 4. The number of piperidine rings is 1. The van der Waals surface area contributed by atoms with Crippen molar-refractivity contribution in [3.63, 3.8) is 0 Å². The van der Waals surface area contributed by atoms with Gasteiger partial charge in [0, 0.05) is 26.2 Å². The first-order chi connectivity index (χ1) is 12.9. The lowest BCUT2D eigenvalue weighted by Gasteiger charge is -2.32. The minimum absolute atomic E-state index is 0.0549. The third kappa shape index (κ3) is 3.56. The van der Waals surface area contributed by atoms with Crippen molar-refractivity contribution in [2.45, 2.75) is 39.7 Å². The summed E-state index contributed by atoms with van der Waals surface area (Å²) >= 11 is 1.74. The molecular formula is C20H25N5OS. The van der Waals surface area contributed by atoms with Gasteiger partial charge in [-0.2, -0.15) is 5.10 Å². The lowest BCUT2D eigenvalue weighted by molar-refractivity contribution is 0.0923. The molecule has 1 aliphatic heterocycles. The average Bonchev–Trinajstić information content (AvgIpc) is 3.18. The van der Waals surface area contributed by atoms with Gasteiger partial charge in [0.1, 0.15) is 5.69 Å². The summed E-state index contributed by atoms with van der Waals surface area (Å²) in [7, 11) is 1.81. The van der Waals surface area contributed by atoms with Crippen molar-refractivity contribution in [3.05, 3.63) is 40.7 Å². The number of hydrogen-bond donors (Lipinski definition) is 1. The zero-order chi connectivity index (χ0) is 19.1. The first-order valence-corrected chi connectivity index (χ1v) is 10.2. The highest BCUT2D eigenvalue weighted by atomic mass is 32.1. The van der Waals surface area contributed by atoms with Gasteiger partial charge in [-0.3, -0.25) is 9.48 Å². The number of fused-ring (bicyclic) bond motifs is 1. The monoisotopic (exact) mass is 383 g/mol. The van der Waals surface area contributed by atoms with E-state index in [0.29, 0.717) is 5.69 Å². The third-order valence-corrected chi connectivity index (χ3v) is 6.14. The molecule has 0 spiro atoms. The fraction of sp³-hybridized carbons (Fsp3) is 0.450. The number of carbonyl (C=O) groups excluding carboxylic acids is 1. The SMILES string of the molecule is Cc1cc(C)c2nc(N3CCCC(NC(=O)c4cc(C)nn4C)C3)sc2c1. The van der Waals surface area contributed by atoms with Crippen molar-refractivity contribution in [2.75, 3.05) is 18.0 Å². The van der Waals surface area contributed by atoms with Gasteiger partial charge in [0.15, 0.2) is 5.13 Å². The molecular weight excluding hydrogens is 358 g/mol. The standard InChI is InChI=1S/C20H25N5OS/c1-12-8-13(2)18-17(9-12)27-20(22-18)25-7-5-6-15(11-25)21-19(26)16-10-14(3)23-24(16)4/h8-10,15H,5-7,11H2,1-4H3,(H,21,26). The fourth-order valence-corrected chi connectivity index (χ4v) is 5.02. The lowest BCUT2D eigenvalue weighted by Crippen LogP contribution is -2.48. The van der Waals surface area contributed by atoms with E-state index < -0.39 is 0 Å². The summed E-state index contributed by atoms with van der Waals surface area (Å²) in [5.41, 5.74) is 5.05. The van der Waals surface area contributed by atoms with Crippen molar-refractivity contribution < 1.29 is 4.79 Å². The van der Waals surface area contributed by atoms with Gasteiger partial charge >= 0.3 is 0 Å². The van der Waals surface area contributed by atoms with Crippen LogP contribution in [0.2, 0.25) is 0 Å². The third-order valence-electron chi connectivity index (χ3n) is 5.08. The highest BCUT2D eigenvalue weighted by molar-refractivity contribution is 7.22. The van der Waals surface area contributed by atoms with Crippen LogP contribution < -0.4 is 10.2 Å². The number of aromatic nitrogens is 3. The Morgan fingerprint density at radius 3 is 2.81 bits per heavy atom. The molecule has 3 aromatic rings. The Morgan fingerprint density at radius 2 is 2.07 bits per heavy atom. The summed E-state index contributed by atoms with van der Waals surface area (Å²) in [6, 6.07) is 6.34. The maximum absolute atomic E-state index is 12.6. The van der Waals surface area contributed by atoms with Crippen LogP contribution in [0.1, 0.15) is 40.2 Å². The largest absolute Gasteiger partial charge is 0.346 e. The maximum Gasteiger partial charge on any atom is 0.269 e. The van der Waals surface area contributed by atoms with Crippen LogP contribution in [0.15, 0.2) is 18.2 Å². The molecule has 6 nitrogen and oxygen atoms in total. The van der Waals surface area contributed by atoms with Gasteiger partial charge in [0.05, 0.1) is 15.9 Å². The molecule has 1 atom stereocenters. The molecule has 1 saturated heterocycles. The van der Waals surface area contributed by atoms with Crippen molar-refractivity contribution in [1.82, 2.24) is 20.1 Å². The quantitative estimate of drug-likeness (QED) is 0.753. The second-order valence-electron chi connectivity index (χ2n) is 7.48. The molecule has 0 radical (unpaired) electrons. The predicted molar refractivity (Wildman–Crippen MR) is 110 cm³/mol. The van der Waals surface area contributed by atoms with E-state index >= 15 is 0 Å². The number of thiazole rings is 1. The van der Waals surface area contributed by atoms with E-state index in [1.807, 2.05) is 13.0 Å². The summed E-state index contributed by atoms with van der Waals surface area (Å²) in [5, 5.41) is 8.49. The summed E-state index contributed by atoms with van der Waals surface area (Å²) in [6.07, 6.45) is 2.03. The van der Waals surface area contributed by atoms with E-state index in [2.05, 4.69) is 41.3 Å². The molecule has 4 rings (SSSR count). The van der Waals surface area contributed by atoms with E-state index in [9.17, 15) is 4.79 Å². The first kappa shape index (κ1) is 18.0. The Balaban J connectivity index is 1.50. The molecule has 1 unspecified atom stereocenters.